The first-order valence-electron chi connectivity index (χ1n) is 10.4. The molecule has 32 heavy (non-hydrogen) atoms. The molecule has 168 valence electrons. The van der Waals surface area contributed by atoms with Gasteiger partial charge in [-0.1, -0.05) is 55.5 Å². The third kappa shape index (κ3) is 4.85. The van der Waals surface area contributed by atoms with Gasteiger partial charge in [0, 0.05) is 17.1 Å². The zero-order chi connectivity index (χ0) is 22.7. The molecule has 0 N–H and O–H groups in total. The molecule has 4 rings (SSSR count). The normalized spacial score (nSPS) is 25.8. The quantitative estimate of drug-likeness (QED) is 0.577. The second-order valence-corrected chi connectivity index (χ2v) is 7.97. The number of ether oxygens (including phenoxy) is 3. The van der Waals surface area contributed by atoms with Crippen LogP contribution in [-0.2, 0) is 25.6 Å². The summed E-state index contributed by atoms with van der Waals surface area (Å²) in [7, 11) is 0. The zero-order valence-corrected chi connectivity index (χ0v) is 17.5. The Labute approximate surface area is 184 Å². The first-order valence-corrected chi connectivity index (χ1v) is 10.4. The van der Waals surface area contributed by atoms with Crippen LogP contribution in [0, 0.1) is 11.7 Å². The molecule has 2 aromatic rings. The molecule has 2 aromatic carbocycles. The predicted octanol–water partition coefficient (Wildman–Crippen LogP) is 5.17. The number of halogens is 3. The van der Waals surface area contributed by atoms with Gasteiger partial charge < -0.3 is 14.2 Å². The molecule has 7 heteroatoms. The van der Waals surface area contributed by atoms with Crippen LogP contribution in [0.4, 0.5) is 13.2 Å². The summed E-state index contributed by atoms with van der Waals surface area (Å²) in [5, 5.41) is 0. The van der Waals surface area contributed by atoms with E-state index in [1.165, 1.54) is 18.2 Å². The monoisotopic (exact) mass is 444 g/mol. The highest BCUT2D eigenvalue weighted by Gasteiger charge is 2.31. The van der Waals surface area contributed by atoms with Crippen molar-refractivity contribution in [2.75, 3.05) is 13.2 Å². The summed E-state index contributed by atoms with van der Waals surface area (Å²) < 4.78 is 59.3. The largest absolute Gasteiger partial charge is 0.330 e. The van der Waals surface area contributed by atoms with Gasteiger partial charge in [-0.2, -0.15) is 0 Å². The van der Waals surface area contributed by atoms with Gasteiger partial charge in [-0.3, -0.25) is 4.79 Å². The number of benzene rings is 2. The molecule has 1 aliphatic carbocycles. The van der Waals surface area contributed by atoms with Gasteiger partial charge in [0.05, 0.1) is 19.8 Å². The van der Waals surface area contributed by atoms with Crippen LogP contribution in [0.15, 0.2) is 60.2 Å². The highest BCUT2D eigenvalue weighted by atomic mass is 19.2. The van der Waals surface area contributed by atoms with E-state index in [2.05, 4.69) is 0 Å². The Hall–Kier alpha value is -2.74. The van der Waals surface area contributed by atoms with Gasteiger partial charge in [0.25, 0.3) is 6.48 Å². The third-order valence-electron chi connectivity index (χ3n) is 5.48. The molecule has 2 unspecified atom stereocenters. The molecule has 0 aromatic heterocycles. The van der Waals surface area contributed by atoms with Crippen molar-refractivity contribution in [3.05, 3.63) is 77.1 Å². The lowest BCUT2D eigenvalue weighted by atomic mass is 9.90. The van der Waals surface area contributed by atoms with Gasteiger partial charge >= 0.3 is 0 Å². The van der Waals surface area contributed by atoms with Crippen molar-refractivity contribution >= 4 is 11.9 Å². The number of allylic oxidation sites excluding steroid dienone is 4. The molecule has 1 aliphatic heterocycles. The number of hydrogen-bond acceptors (Lipinski definition) is 4. The van der Waals surface area contributed by atoms with Crippen molar-refractivity contribution in [2.45, 2.75) is 32.4 Å². The van der Waals surface area contributed by atoms with Crippen LogP contribution < -0.4 is 0 Å². The summed E-state index contributed by atoms with van der Waals surface area (Å²) in [4.78, 5) is 10.8. The summed E-state index contributed by atoms with van der Waals surface area (Å²) >= 11 is 0. The molecule has 4 nitrogen and oxygen atoms in total. The summed E-state index contributed by atoms with van der Waals surface area (Å²) in [5.41, 5.74) is 2.18. The fourth-order valence-corrected chi connectivity index (χ4v) is 3.59. The topological polar surface area (TPSA) is 44.8 Å². The van der Waals surface area contributed by atoms with Crippen LogP contribution in [0.2, 0.25) is 0 Å². The summed E-state index contributed by atoms with van der Waals surface area (Å²) in [6.07, 6.45) is -0.870. The number of carbonyl (C=O) groups excluding carboxylic acids is 1. The van der Waals surface area contributed by atoms with Crippen molar-refractivity contribution in [3.8, 4) is 11.1 Å². The van der Waals surface area contributed by atoms with Gasteiger partial charge in [0.1, 0.15) is 12.1 Å². The molecule has 1 heterocycles. The van der Waals surface area contributed by atoms with E-state index < -0.39 is 24.6 Å². The van der Waals surface area contributed by atoms with Crippen molar-refractivity contribution in [1.29, 1.82) is 0 Å². The summed E-state index contributed by atoms with van der Waals surface area (Å²) in [5.74, 6) is -0.132. The van der Waals surface area contributed by atoms with E-state index in [9.17, 15) is 18.0 Å². The molecule has 0 bridgehead atoms. The molecule has 2 aliphatic rings. The number of carbonyl (C=O) groups is 1. The number of hydrogen-bond donors (Lipinski definition) is 0. The smallest absolute Gasteiger partial charge is 0.271 e. The van der Waals surface area contributed by atoms with Crippen LogP contribution >= 0.6 is 0 Å². The van der Waals surface area contributed by atoms with Crippen LogP contribution in [-0.4, -0.2) is 38.3 Å². The molecule has 1 saturated heterocycles. The third-order valence-corrected chi connectivity index (χ3v) is 5.48. The first-order chi connectivity index (χ1) is 15.5. The molecule has 0 saturated carbocycles. The summed E-state index contributed by atoms with van der Waals surface area (Å²) in [6, 6.07) is 11.5. The molecule has 0 spiro atoms. The average Bonchev–Trinajstić information content (AvgIpc) is 2.81. The minimum Gasteiger partial charge on any atom is -0.330 e. The lowest BCUT2D eigenvalue weighted by Gasteiger charge is -2.27. The maximum Gasteiger partial charge on any atom is 0.271 e. The highest BCUT2D eigenvalue weighted by molar-refractivity contribution is 5.83. The van der Waals surface area contributed by atoms with Gasteiger partial charge in [-0.25, -0.2) is 13.2 Å². The van der Waals surface area contributed by atoms with E-state index in [1.807, 2.05) is 6.92 Å². The van der Waals surface area contributed by atoms with E-state index in [-0.39, 0.29) is 17.8 Å². The molecular weight excluding hydrogens is 421 g/mol. The van der Waals surface area contributed by atoms with Crippen molar-refractivity contribution in [2.24, 2.45) is 5.92 Å². The SMILES string of the molecule is CC1COC(OCc2ccc(-c3ccc(C4=CC=C(C=O)C(F)C4F)cc3)cc2F)OC1. The lowest BCUT2D eigenvalue weighted by Crippen LogP contribution is -2.32. The molecule has 1 fully saturated rings. The van der Waals surface area contributed by atoms with Crippen molar-refractivity contribution < 1.29 is 32.2 Å². The molecule has 0 radical (unpaired) electrons. The fourth-order valence-electron chi connectivity index (χ4n) is 3.59. The maximum absolute atomic E-state index is 14.6. The number of aldehydes is 1. The van der Waals surface area contributed by atoms with Crippen LogP contribution in [0.5, 0.6) is 0 Å². The Morgan fingerprint density at radius 3 is 2.28 bits per heavy atom. The Morgan fingerprint density at radius 1 is 0.969 bits per heavy atom. The Bertz CT molecular complexity index is 1020. The number of alkyl halides is 2. The standard InChI is InChI=1S/C25H23F3O4/c1-15-12-30-25(31-13-15)32-14-20-7-6-18(10-22(20)26)16-2-4-17(5-3-16)21-9-8-19(11-29)23(27)24(21)28/h2-11,15,23-25H,12-14H2,1H3. The van der Waals surface area contributed by atoms with Gasteiger partial charge in [-0.05, 0) is 28.3 Å². The fraction of sp³-hybridized carbons (Fsp3) is 0.320. The van der Waals surface area contributed by atoms with Crippen molar-refractivity contribution in [1.82, 2.24) is 0 Å². The van der Waals surface area contributed by atoms with E-state index in [0.29, 0.717) is 42.1 Å². The van der Waals surface area contributed by atoms with E-state index in [1.54, 1.807) is 36.4 Å². The molecule has 0 amide bonds. The van der Waals surface area contributed by atoms with Crippen LogP contribution in [0.3, 0.4) is 0 Å². The van der Waals surface area contributed by atoms with E-state index in [0.717, 1.165) is 5.56 Å². The second-order valence-electron chi connectivity index (χ2n) is 7.97. The summed E-state index contributed by atoms with van der Waals surface area (Å²) in [6.45, 7) is 2.27. The van der Waals surface area contributed by atoms with Gasteiger partial charge in [0.15, 0.2) is 12.3 Å². The van der Waals surface area contributed by atoms with Gasteiger partial charge in [0.2, 0.25) is 0 Å². The minimum atomic E-state index is -1.98. The maximum atomic E-state index is 14.6. The average molecular weight is 444 g/mol. The van der Waals surface area contributed by atoms with Crippen LogP contribution in [0.1, 0.15) is 18.1 Å². The Balaban J connectivity index is 1.44. The van der Waals surface area contributed by atoms with Gasteiger partial charge in [-0.15, -0.1) is 0 Å². The predicted molar refractivity (Wildman–Crippen MR) is 113 cm³/mol. The number of rotatable bonds is 6. The van der Waals surface area contributed by atoms with Crippen molar-refractivity contribution in [3.63, 3.8) is 0 Å². The Morgan fingerprint density at radius 2 is 1.62 bits per heavy atom. The minimum absolute atomic E-state index is 0.0107. The first kappa shape index (κ1) is 22.5. The second kappa shape index (κ2) is 9.81. The molecule has 2 atom stereocenters. The highest BCUT2D eigenvalue weighted by Crippen LogP contribution is 2.33. The molecular formula is C25H23F3O4. The zero-order valence-electron chi connectivity index (χ0n) is 17.5. The van der Waals surface area contributed by atoms with E-state index >= 15 is 0 Å². The van der Waals surface area contributed by atoms with E-state index in [4.69, 9.17) is 14.2 Å². The lowest BCUT2D eigenvalue weighted by molar-refractivity contribution is -0.325. The Kier molecular flexibility index (Phi) is 6.89. The van der Waals surface area contributed by atoms with Crippen LogP contribution in [0.25, 0.3) is 16.7 Å².